The third-order valence-corrected chi connectivity index (χ3v) is 4.64. The van der Waals surface area contributed by atoms with Crippen molar-refractivity contribution in [1.82, 2.24) is 14.5 Å². The summed E-state index contributed by atoms with van der Waals surface area (Å²) < 4.78 is 2.21. The van der Waals surface area contributed by atoms with Crippen molar-refractivity contribution in [1.29, 1.82) is 0 Å². The second-order valence-corrected chi connectivity index (χ2v) is 5.84. The largest absolute Gasteiger partial charge is 0.339 e. The molecule has 0 aliphatic carbocycles. The van der Waals surface area contributed by atoms with Gasteiger partial charge in [0.05, 0.1) is 12.2 Å². The Bertz CT molecular complexity index is 559. The first-order valence-corrected chi connectivity index (χ1v) is 7.57. The van der Waals surface area contributed by atoms with E-state index >= 15 is 0 Å². The van der Waals surface area contributed by atoms with E-state index in [0.717, 1.165) is 43.4 Å². The number of hydrogen-bond donors (Lipinski definition) is 1. The number of aromatic nitrogens is 3. The van der Waals surface area contributed by atoms with E-state index in [-0.39, 0.29) is 0 Å². The van der Waals surface area contributed by atoms with Crippen LogP contribution in [0.2, 0.25) is 0 Å². The smallest absolute Gasteiger partial charge is 0.186 e. The SMILES string of the molecule is CCCc1nc(N2CCn3ccnc3C2)sc1CN. The van der Waals surface area contributed by atoms with Gasteiger partial charge in [-0.25, -0.2) is 9.97 Å². The van der Waals surface area contributed by atoms with E-state index in [0.29, 0.717) is 6.54 Å². The maximum Gasteiger partial charge on any atom is 0.186 e. The van der Waals surface area contributed by atoms with Gasteiger partial charge in [-0.1, -0.05) is 13.3 Å². The third kappa shape index (κ3) is 2.37. The van der Waals surface area contributed by atoms with Crippen LogP contribution < -0.4 is 10.6 Å². The molecule has 1 aliphatic rings. The minimum Gasteiger partial charge on any atom is -0.339 e. The van der Waals surface area contributed by atoms with E-state index in [1.807, 2.05) is 12.4 Å². The predicted molar refractivity (Wildman–Crippen MR) is 77.3 cm³/mol. The molecule has 2 aromatic rings. The zero-order valence-electron chi connectivity index (χ0n) is 11.2. The van der Waals surface area contributed by atoms with Crippen molar-refractivity contribution in [3.63, 3.8) is 0 Å². The highest BCUT2D eigenvalue weighted by Crippen LogP contribution is 2.29. The molecule has 0 atom stereocenters. The average Bonchev–Trinajstić information content (AvgIpc) is 3.04. The summed E-state index contributed by atoms with van der Waals surface area (Å²) in [6.45, 7) is 5.59. The standard InChI is InChI=1S/C13H19N5S/c1-2-3-10-11(8-14)19-13(16-10)18-7-6-17-5-4-15-12(17)9-18/h4-5H,2-3,6-9,14H2,1H3. The minimum atomic E-state index is 0.593. The highest BCUT2D eigenvalue weighted by Gasteiger charge is 2.20. The summed E-state index contributed by atoms with van der Waals surface area (Å²) >= 11 is 1.74. The minimum absolute atomic E-state index is 0.593. The number of fused-ring (bicyclic) bond motifs is 1. The molecule has 2 aromatic heterocycles. The quantitative estimate of drug-likeness (QED) is 0.925. The molecular weight excluding hydrogens is 258 g/mol. The first-order chi connectivity index (χ1) is 9.31. The monoisotopic (exact) mass is 277 g/mol. The third-order valence-electron chi connectivity index (χ3n) is 3.45. The van der Waals surface area contributed by atoms with Crippen LogP contribution in [0.1, 0.15) is 29.7 Å². The van der Waals surface area contributed by atoms with Gasteiger partial charge in [-0.15, -0.1) is 11.3 Å². The Morgan fingerprint density at radius 2 is 2.32 bits per heavy atom. The maximum atomic E-state index is 5.82. The second kappa shape index (κ2) is 5.30. The normalized spacial score (nSPS) is 14.7. The molecule has 0 unspecified atom stereocenters. The summed E-state index contributed by atoms with van der Waals surface area (Å²) in [7, 11) is 0. The molecule has 102 valence electrons. The average molecular weight is 277 g/mol. The molecule has 0 aromatic carbocycles. The molecule has 2 N–H and O–H groups in total. The van der Waals surface area contributed by atoms with Crippen molar-refractivity contribution >= 4 is 16.5 Å². The molecule has 0 spiro atoms. The van der Waals surface area contributed by atoms with Gasteiger partial charge < -0.3 is 15.2 Å². The fourth-order valence-electron chi connectivity index (χ4n) is 2.43. The summed E-state index contributed by atoms with van der Waals surface area (Å²) in [5.74, 6) is 1.12. The fraction of sp³-hybridized carbons (Fsp3) is 0.538. The van der Waals surface area contributed by atoms with E-state index < -0.39 is 0 Å². The van der Waals surface area contributed by atoms with Crippen molar-refractivity contribution in [2.45, 2.75) is 39.4 Å². The van der Waals surface area contributed by atoms with Gasteiger partial charge in [0, 0.05) is 36.9 Å². The topological polar surface area (TPSA) is 60.0 Å². The Hall–Kier alpha value is -1.40. The van der Waals surface area contributed by atoms with Gasteiger partial charge >= 0.3 is 0 Å². The van der Waals surface area contributed by atoms with Gasteiger partial charge in [-0.2, -0.15) is 0 Å². The zero-order chi connectivity index (χ0) is 13.2. The lowest BCUT2D eigenvalue weighted by Gasteiger charge is -2.27. The predicted octanol–water partition coefficient (Wildman–Crippen LogP) is 1.77. The number of imidazole rings is 1. The van der Waals surface area contributed by atoms with Gasteiger partial charge in [-0.3, -0.25) is 0 Å². The molecule has 0 radical (unpaired) electrons. The lowest BCUT2D eigenvalue weighted by molar-refractivity contribution is 0.559. The van der Waals surface area contributed by atoms with Crippen LogP contribution in [0.15, 0.2) is 12.4 Å². The Balaban J connectivity index is 1.83. The molecule has 0 fully saturated rings. The molecule has 6 heteroatoms. The molecule has 3 heterocycles. The lowest BCUT2D eigenvalue weighted by Crippen LogP contribution is -2.33. The van der Waals surface area contributed by atoms with E-state index in [1.54, 1.807) is 11.3 Å². The Morgan fingerprint density at radius 1 is 1.42 bits per heavy atom. The van der Waals surface area contributed by atoms with E-state index in [1.165, 1.54) is 10.6 Å². The Kier molecular flexibility index (Phi) is 3.52. The van der Waals surface area contributed by atoms with Gasteiger partial charge in [0.15, 0.2) is 5.13 Å². The van der Waals surface area contributed by atoms with Crippen molar-refractivity contribution < 1.29 is 0 Å². The highest BCUT2D eigenvalue weighted by atomic mass is 32.1. The first kappa shape index (κ1) is 12.6. The molecule has 19 heavy (non-hydrogen) atoms. The van der Waals surface area contributed by atoms with E-state index in [9.17, 15) is 0 Å². The molecular formula is C13H19N5S. The number of thiazole rings is 1. The van der Waals surface area contributed by atoms with Crippen molar-refractivity contribution in [2.75, 3.05) is 11.4 Å². The summed E-state index contributed by atoms with van der Waals surface area (Å²) in [6.07, 6.45) is 6.04. The van der Waals surface area contributed by atoms with Crippen LogP contribution in [0, 0.1) is 0 Å². The van der Waals surface area contributed by atoms with Crippen LogP contribution in [0.5, 0.6) is 0 Å². The highest BCUT2D eigenvalue weighted by molar-refractivity contribution is 7.15. The fourth-order valence-corrected chi connectivity index (χ4v) is 3.44. The Morgan fingerprint density at radius 3 is 3.11 bits per heavy atom. The summed E-state index contributed by atoms with van der Waals surface area (Å²) in [5.41, 5.74) is 7.00. The van der Waals surface area contributed by atoms with Crippen molar-refractivity contribution in [3.8, 4) is 0 Å². The van der Waals surface area contributed by atoms with E-state index in [4.69, 9.17) is 10.7 Å². The molecule has 0 saturated carbocycles. The van der Waals surface area contributed by atoms with Crippen molar-refractivity contribution in [3.05, 3.63) is 28.8 Å². The molecule has 0 bridgehead atoms. The molecule has 1 aliphatic heterocycles. The molecule has 0 amide bonds. The number of rotatable bonds is 4. The summed E-state index contributed by atoms with van der Waals surface area (Å²) in [6, 6.07) is 0. The van der Waals surface area contributed by atoms with Crippen LogP contribution in [-0.2, 0) is 26.1 Å². The molecule has 5 nitrogen and oxygen atoms in total. The second-order valence-electron chi connectivity index (χ2n) is 4.78. The van der Waals surface area contributed by atoms with Crippen LogP contribution >= 0.6 is 11.3 Å². The first-order valence-electron chi connectivity index (χ1n) is 6.75. The number of hydrogen-bond acceptors (Lipinski definition) is 5. The summed E-state index contributed by atoms with van der Waals surface area (Å²) in [4.78, 5) is 12.7. The van der Waals surface area contributed by atoms with Gasteiger partial charge in [-0.05, 0) is 6.42 Å². The number of nitrogens with zero attached hydrogens (tertiary/aromatic N) is 4. The maximum absolute atomic E-state index is 5.82. The number of anilines is 1. The zero-order valence-corrected chi connectivity index (χ0v) is 12.0. The van der Waals surface area contributed by atoms with Crippen LogP contribution in [-0.4, -0.2) is 21.1 Å². The van der Waals surface area contributed by atoms with E-state index in [2.05, 4.69) is 21.4 Å². The Labute approximate surface area is 117 Å². The summed E-state index contributed by atoms with van der Waals surface area (Å²) in [5, 5.41) is 1.10. The van der Waals surface area contributed by atoms with Gasteiger partial charge in [0.2, 0.25) is 0 Å². The molecule has 3 rings (SSSR count). The van der Waals surface area contributed by atoms with Crippen LogP contribution in [0.25, 0.3) is 0 Å². The molecule has 0 saturated heterocycles. The number of nitrogens with two attached hydrogens (primary N) is 1. The van der Waals surface area contributed by atoms with Crippen LogP contribution in [0.3, 0.4) is 0 Å². The van der Waals surface area contributed by atoms with Crippen LogP contribution in [0.4, 0.5) is 5.13 Å². The van der Waals surface area contributed by atoms with Gasteiger partial charge in [0.1, 0.15) is 5.82 Å². The van der Waals surface area contributed by atoms with Gasteiger partial charge in [0.25, 0.3) is 0 Å². The lowest BCUT2D eigenvalue weighted by atomic mass is 10.2. The number of aryl methyl sites for hydroxylation is 1. The van der Waals surface area contributed by atoms with Crippen molar-refractivity contribution in [2.24, 2.45) is 5.73 Å².